The second-order valence-corrected chi connectivity index (χ2v) is 5.78. The topological polar surface area (TPSA) is 173 Å². The Balaban J connectivity index is 2.21. The molecular weight excluding hydrogens is 323 g/mol. The molecule has 1 fully saturated rings. The van der Waals surface area contributed by atoms with Crippen LogP contribution >= 0.6 is 0 Å². The molecule has 1 saturated heterocycles. The van der Waals surface area contributed by atoms with Crippen LogP contribution in [0.1, 0.15) is 13.2 Å². The highest BCUT2D eigenvalue weighted by Crippen LogP contribution is 2.39. The first-order chi connectivity index (χ1) is 11.3. The van der Waals surface area contributed by atoms with Crippen molar-refractivity contribution in [3.05, 3.63) is 12.5 Å². The lowest BCUT2D eigenvalue weighted by Crippen LogP contribution is -2.44. The Bertz CT molecular complexity index is 752. The van der Waals surface area contributed by atoms with Crippen LogP contribution in [0.5, 0.6) is 0 Å². The van der Waals surface area contributed by atoms with Crippen molar-refractivity contribution in [2.45, 2.75) is 31.0 Å². The molecule has 0 aliphatic carbocycles. The minimum Gasteiger partial charge on any atom is -0.423 e. The van der Waals surface area contributed by atoms with Gasteiger partial charge in [-0.1, -0.05) is 0 Å². The van der Waals surface area contributed by atoms with Crippen molar-refractivity contribution >= 4 is 29.4 Å². The minimum absolute atomic E-state index is 0.0384. The molecule has 24 heavy (non-hydrogen) atoms. The van der Waals surface area contributed by atoms with Gasteiger partial charge in [-0.15, -0.1) is 0 Å². The number of nitrogens with zero attached hydrogens (tertiary/aromatic N) is 3. The first kappa shape index (κ1) is 17.0. The van der Waals surface area contributed by atoms with Crippen molar-refractivity contribution < 1.29 is 35.3 Å². The molecule has 0 bridgehead atoms. The number of aromatic nitrogens is 3. The van der Waals surface area contributed by atoms with E-state index in [1.165, 1.54) is 17.7 Å². The lowest BCUT2D eigenvalue weighted by molar-refractivity contribution is -0.0947. The summed E-state index contributed by atoms with van der Waals surface area (Å²) in [6, 6.07) is 0. The third-order valence-corrected chi connectivity index (χ3v) is 4.21. The Morgan fingerprint density at radius 3 is 2.67 bits per heavy atom. The number of ether oxygens (including phenoxy) is 1. The van der Waals surface area contributed by atoms with Gasteiger partial charge >= 0.3 is 7.12 Å². The van der Waals surface area contributed by atoms with Crippen LogP contribution in [0.25, 0.3) is 11.0 Å². The molecule has 1 aliphatic rings. The zero-order chi connectivity index (χ0) is 17.6. The van der Waals surface area contributed by atoms with E-state index in [9.17, 15) is 30.6 Å². The van der Waals surface area contributed by atoms with Crippen LogP contribution in [-0.4, -0.2) is 76.6 Å². The summed E-state index contributed by atoms with van der Waals surface area (Å²) in [6.07, 6.45) is -1.18. The summed E-state index contributed by atoms with van der Waals surface area (Å²) in [4.78, 5) is 7.81. The van der Waals surface area contributed by atoms with Gasteiger partial charge in [-0.05, 0) is 6.92 Å². The number of hydrogen-bond acceptors (Lipinski definition) is 10. The van der Waals surface area contributed by atoms with E-state index in [-0.39, 0.29) is 22.3 Å². The number of fused-ring (bicyclic) bond motifs is 1. The van der Waals surface area contributed by atoms with E-state index < -0.39 is 37.8 Å². The fraction of sp³-hybridized carbons (Fsp3) is 0.500. The van der Waals surface area contributed by atoms with Crippen LogP contribution < -0.4 is 10.9 Å². The number of rotatable bonds is 4. The second kappa shape index (κ2) is 5.93. The van der Waals surface area contributed by atoms with Gasteiger partial charge in [0.15, 0.2) is 12.0 Å². The molecule has 0 spiro atoms. The summed E-state index contributed by atoms with van der Waals surface area (Å²) in [7, 11) is -1.91. The third-order valence-electron chi connectivity index (χ3n) is 4.21. The molecular formula is C12H17BN4O7. The molecule has 0 radical (unpaired) electrons. The maximum absolute atomic E-state index is 10.6. The van der Waals surface area contributed by atoms with Gasteiger partial charge in [-0.3, -0.25) is 10.7 Å². The van der Waals surface area contributed by atoms with E-state index in [1.807, 2.05) is 5.48 Å². The number of anilines is 1. The van der Waals surface area contributed by atoms with Crippen molar-refractivity contribution in [1.82, 2.24) is 14.5 Å². The summed E-state index contributed by atoms with van der Waals surface area (Å²) in [6.45, 7) is 0.812. The lowest BCUT2D eigenvalue weighted by atomic mass is 9.80. The second-order valence-electron chi connectivity index (χ2n) is 5.78. The third kappa shape index (κ3) is 2.36. The smallest absolute Gasteiger partial charge is 0.423 e. The van der Waals surface area contributed by atoms with E-state index in [1.54, 1.807) is 0 Å². The molecule has 1 unspecified atom stereocenters. The average Bonchev–Trinajstić information content (AvgIpc) is 3.04. The van der Waals surface area contributed by atoms with Gasteiger partial charge in [-0.25, -0.2) is 9.97 Å². The summed E-state index contributed by atoms with van der Waals surface area (Å²) in [5.74, 6) is -0.0706. The molecule has 0 saturated carbocycles. The molecule has 2 aromatic heterocycles. The van der Waals surface area contributed by atoms with Gasteiger partial charge in [0.2, 0.25) is 0 Å². The normalized spacial score (nSPS) is 30.0. The van der Waals surface area contributed by atoms with Gasteiger partial charge in [-0.2, -0.15) is 0 Å². The molecule has 11 nitrogen and oxygen atoms in total. The van der Waals surface area contributed by atoms with E-state index >= 15 is 0 Å². The Labute approximate surface area is 135 Å². The van der Waals surface area contributed by atoms with Crippen LogP contribution in [0, 0.1) is 0 Å². The van der Waals surface area contributed by atoms with Crippen LogP contribution in [0.15, 0.2) is 12.5 Å². The SMILES string of the molecule is CC1(O)[C@H](O)[C@@H](CO)O[C@H]1n1cc(B(O)O)c2c(NO)ncnc21. The van der Waals surface area contributed by atoms with Crippen molar-refractivity contribution in [2.24, 2.45) is 0 Å². The molecule has 0 aromatic carbocycles. The fourth-order valence-electron chi connectivity index (χ4n) is 2.96. The molecule has 2 aromatic rings. The summed E-state index contributed by atoms with van der Waals surface area (Å²) in [5.41, 5.74) is 0.144. The van der Waals surface area contributed by atoms with Crippen molar-refractivity contribution in [3.63, 3.8) is 0 Å². The summed E-state index contributed by atoms with van der Waals surface area (Å²) >= 11 is 0. The Morgan fingerprint density at radius 2 is 2.12 bits per heavy atom. The van der Waals surface area contributed by atoms with Crippen molar-refractivity contribution in [2.75, 3.05) is 12.1 Å². The van der Waals surface area contributed by atoms with Gasteiger partial charge < -0.3 is 34.7 Å². The zero-order valence-corrected chi connectivity index (χ0v) is 12.6. The average molecular weight is 340 g/mol. The summed E-state index contributed by atoms with van der Waals surface area (Å²) < 4.78 is 6.79. The highest BCUT2D eigenvalue weighted by atomic mass is 16.6. The molecule has 3 heterocycles. The predicted octanol–water partition coefficient (Wildman–Crippen LogP) is -3.09. The largest absolute Gasteiger partial charge is 0.490 e. The Kier molecular flexibility index (Phi) is 4.21. The lowest BCUT2D eigenvalue weighted by Gasteiger charge is -2.27. The monoisotopic (exact) mass is 340 g/mol. The highest BCUT2D eigenvalue weighted by Gasteiger charge is 2.53. The first-order valence-corrected chi connectivity index (χ1v) is 7.11. The quantitative estimate of drug-likeness (QED) is 0.223. The van der Waals surface area contributed by atoms with Gasteiger partial charge in [0.25, 0.3) is 0 Å². The van der Waals surface area contributed by atoms with Crippen LogP contribution in [0.2, 0.25) is 0 Å². The molecule has 3 rings (SSSR count). The van der Waals surface area contributed by atoms with Crippen LogP contribution in [0.3, 0.4) is 0 Å². The summed E-state index contributed by atoms with van der Waals surface area (Å²) in [5, 5.41) is 58.4. The van der Waals surface area contributed by atoms with Crippen LogP contribution in [-0.2, 0) is 4.74 Å². The predicted molar refractivity (Wildman–Crippen MR) is 80.4 cm³/mol. The van der Waals surface area contributed by atoms with Crippen LogP contribution in [0.4, 0.5) is 5.82 Å². The van der Waals surface area contributed by atoms with E-state index in [0.717, 1.165) is 6.33 Å². The minimum atomic E-state index is -1.91. The van der Waals surface area contributed by atoms with Crippen molar-refractivity contribution in [1.29, 1.82) is 0 Å². The van der Waals surface area contributed by atoms with Gasteiger partial charge in [0, 0.05) is 11.7 Å². The fourth-order valence-corrected chi connectivity index (χ4v) is 2.96. The van der Waals surface area contributed by atoms with E-state index in [0.29, 0.717) is 0 Å². The Morgan fingerprint density at radius 1 is 1.42 bits per heavy atom. The molecule has 1 aliphatic heterocycles. The van der Waals surface area contributed by atoms with E-state index in [4.69, 9.17) is 4.74 Å². The number of nitrogens with one attached hydrogen (secondary N) is 1. The molecule has 4 atom stereocenters. The number of aliphatic hydroxyl groups excluding tert-OH is 2. The standard InChI is InChI=1S/C12H17BN4O7/c1-12(20)8(19)6(3-18)24-11(12)17-2-5(13(21)22)7-9(16-23)14-4-15-10(7)17/h2,4,6,8,11,18-23H,3H2,1H3,(H,14,15,16)/t6-,8-,11-,12?/m1/s1. The number of aliphatic hydroxyl groups is 3. The Hall–Kier alpha value is -1.80. The highest BCUT2D eigenvalue weighted by molar-refractivity contribution is 6.62. The van der Waals surface area contributed by atoms with Gasteiger partial charge in [0.1, 0.15) is 29.8 Å². The van der Waals surface area contributed by atoms with Gasteiger partial charge in [0.05, 0.1) is 12.0 Å². The molecule has 7 N–H and O–H groups in total. The number of hydrogen-bond donors (Lipinski definition) is 7. The first-order valence-electron chi connectivity index (χ1n) is 7.11. The molecule has 12 heteroatoms. The molecule has 130 valence electrons. The molecule has 0 amide bonds. The zero-order valence-electron chi connectivity index (χ0n) is 12.6. The van der Waals surface area contributed by atoms with Crippen molar-refractivity contribution in [3.8, 4) is 0 Å². The maximum Gasteiger partial charge on any atom is 0.490 e. The maximum atomic E-state index is 10.6. The van der Waals surface area contributed by atoms with E-state index in [2.05, 4.69) is 9.97 Å².